The molecule has 0 saturated heterocycles. The molecule has 2 aromatic heterocycles. The fraction of sp³-hybridized carbons (Fsp3) is 0.200. The van der Waals surface area contributed by atoms with Crippen LogP contribution in [-0.4, -0.2) is 33.2 Å². The van der Waals surface area contributed by atoms with Crippen molar-refractivity contribution in [1.29, 1.82) is 0 Å². The average Bonchev–Trinajstić information content (AvgIpc) is 2.80. The molecule has 0 spiro atoms. The Bertz CT molecular complexity index is 508. The third-order valence-corrected chi connectivity index (χ3v) is 2.01. The molecular formula is C10H10N4O2. The normalized spacial score (nSPS) is 10.1. The van der Waals surface area contributed by atoms with Crippen LogP contribution in [0.1, 0.15) is 16.3 Å². The largest absolute Gasteiger partial charge is 0.464 e. The fourth-order valence-corrected chi connectivity index (χ4v) is 1.31. The van der Waals surface area contributed by atoms with Crippen LogP contribution in [0.15, 0.2) is 18.3 Å². The highest BCUT2D eigenvalue weighted by atomic mass is 16.5. The Morgan fingerprint density at radius 1 is 1.44 bits per heavy atom. The quantitative estimate of drug-likeness (QED) is 0.759. The molecule has 6 heteroatoms. The number of carbonyl (C=O) groups excluding carboxylic acids is 1. The maximum Gasteiger partial charge on any atom is 0.356 e. The van der Waals surface area contributed by atoms with E-state index in [-0.39, 0.29) is 5.69 Å². The van der Waals surface area contributed by atoms with E-state index in [0.29, 0.717) is 11.5 Å². The van der Waals surface area contributed by atoms with Crippen LogP contribution in [0.5, 0.6) is 0 Å². The summed E-state index contributed by atoms with van der Waals surface area (Å²) < 4.78 is 4.61. The van der Waals surface area contributed by atoms with Gasteiger partial charge in [0.2, 0.25) is 0 Å². The predicted octanol–water partition coefficient (Wildman–Crippen LogP) is 0.962. The first-order valence-corrected chi connectivity index (χ1v) is 4.64. The fourth-order valence-electron chi connectivity index (χ4n) is 1.31. The van der Waals surface area contributed by atoms with E-state index in [1.165, 1.54) is 7.11 Å². The molecule has 6 nitrogen and oxygen atoms in total. The van der Waals surface area contributed by atoms with E-state index >= 15 is 0 Å². The molecule has 0 aromatic carbocycles. The molecular weight excluding hydrogens is 208 g/mol. The standard InChI is InChI=1S/C10H10N4O2/c1-6-12-8(7-3-4-11-14-7)5-9(13-6)10(15)16-2/h3-5H,1-2H3,(H,11,14). The Hall–Kier alpha value is -2.24. The molecule has 0 unspecified atom stereocenters. The minimum atomic E-state index is -0.480. The maximum atomic E-state index is 11.3. The van der Waals surface area contributed by atoms with E-state index in [1.807, 2.05) is 0 Å². The molecule has 0 aliphatic carbocycles. The number of nitrogens with one attached hydrogen (secondary N) is 1. The number of ether oxygens (including phenoxy) is 1. The summed E-state index contributed by atoms with van der Waals surface area (Å²) in [4.78, 5) is 19.5. The molecule has 0 bridgehead atoms. The van der Waals surface area contributed by atoms with Crippen LogP contribution in [-0.2, 0) is 4.74 Å². The van der Waals surface area contributed by atoms with Gasteiger partial charge in [-0.3, -0.25) is 5.10 Å². The van der Waals surface area contributed by atoms with Crippen molar-refractivity contribution in [3.05, 3.63) is 29.8 Å². The molecule has 82 valence electrons. The highest BCUT2D eigenvalue weighted by Crippen LogP contribution is 2.14. The zero-order valence-electron chi connectivity index (χ0n) is 8.89. The van der Waals surface area contributed by atoms with Crippen LogP contribution in [0.25, 0.3) is 11.4 Å². The number of esters is 1. The molecule has 0 aliphatic rings. The first-order chi connectivity index (χ1) is 7.70. The van der Waals surface area contributed by atoms with Crippen LogP contribution >= 0.6 is 0 Å². The number of methoxy groups -OCH3 is 1. The van der Waals surface area contributed by atoms with Gasteiger partial charge in [-0.1, -0.05) is 0 Å². The van der Waals surface area contributed by atoms with Crippen molar-refractivity contribution in [2.75, 3.05) is 7.11 Å². The van der Waals surface area contributed by atoms with E-state index in [9.17, 15) is 4.79 Å². The Morgan fingerprint density at radius 2 is 2.25 bits per heavy atom. The van der Waals surface area contributed by atoms with Crippen molar-refractivity contribution in [3.63, 3.8) is 0 Å². The molecule has 2 rings (SSSR count). The van der Waals surface area contributed by atoms with E-state index in [1.54, 1.807) is 25.3 Å². The first kappa shape index (κ1) is 10.3. The summed E-state index contributed by atoms with van der Waals surface area (Å²) >= 11 is 0. The summed E-state index contributed by atoms with van der Waals surface area (Å²) in [6.45, 7) is 1.71. The number of H-pyrrole nitrogens is 1. The van der Waals surface area contributed by atoms with Gasteiger partial charge in [-0.05, 0) is 19.1 Å². The van der Waals surface area contributed by atoms with Gasteiger partial charge in [0.15, 0.2) is 5.69 Å². The first-order valence-electron chi connectivity index (χ1n) is 4.64. The van der Waals surface area contributed by atoms with Gasteiger partial charge < -0.3 is 4.74 Å². The van der Waals surface area contributed by atoms with Gasteiger partial charge in [-0.25, -0.2) is 14.8 Å². The lowest BCUT2D eigenvalue weighted by atomic mass is 10.2. The molecule has 0 fully saturated rings. The number of rotatable bonds is 2. The Kier molecular flexibility index (Phi) is 2.63. The van der Waals surface area contributed by atoms with Crippen molar-refractivity contribution in [2.45, 2.75) is 6.92 Å². The van der Waals surface area contributed by atoms with E-state index in [2.05, 4.69) is 24.9 Å². The molecule has 0 aliphatic heterocycles. The molecule has 2 aromatic rings. The molecule has 16 heavy (non-hydrogen) atoms. The number of carbonyl (C=O) groups is 1. The third kappa shape index (κ3) is 1.90. The molecule has 0 amide bonds. The summed E-state index contributed by atoms with van der Waals surface area (Å²) in [7, 11) is 1.32. The Labute approximate surface area is 91.7 Å². The van der Waals surface area contributed by atoms with Gasteiger partial charge in [0, 0.05) is 6.20 Å². The Balaban J connectivity index is 2.48. The van der Waals surface area contributed by atoms with Crippen molar-refractivity contribution < 1.29 is 9.53 Å². The number of nitrogens with zero attached hydrogens (tertiary/aromatic N) is 3. The van der Waals surface area contributed by atoms with Crippen LogP contribution in [0.2, 0.25) is 0 Å². The number of aromatic nitrogens is 4. The van der Waals surface area contributed by atoms with Crippen molar-refractivity contribution in [2.24, 2.45) is 0 Å². The van der Waals surface area contributed by atoms with Crippen LogP contribution in [0, 0.1) is 6.92 Å². The lowest BCUT2D eigenvalue weighted by molar-refractivity contribution is 0.0593. The van der Waals surface area contributed by atoms with Crippen molar-refractivity contribution in [3.8, 4) is 11.4 Å². The lowest BCUT2D eigenvalue weighted by Gasteiger charge is -2.02. The highest BCUT2D eigenvalue weighted by molar-refractivity contribution is 5.88. The minimum absolute atomic E-state index is 0.236. The molecule has 0 saturated carbocycles. The second-order valence-electron chi connectivity index (χ2n) is 3.15. The monoisotopic (exact) mass is 218 g/mol. The molecule has 0 radical (unpaired) electrons. The zero-order chi connectivity index (χ0) is 11.5. The number of hydrogen-bond donors (Lipinski definition) is 1. The second-order valence-corrected chi connectivity index (χ2v) is 3.15. The van der Waals surface area contributed by atoms with Crippen molar-refractivity contribution >= 4 is 5.97 Å². The summed E-state index contributed by atoms with van der Waals surface area (Å²) in [6, 6.07) is 3.33. The van der Waals surface area contributed by atoms with Crippen LogP contribution < -0.4 is 0 Å². The van der Waals surface area contributed by atoms with Gasteiger partial charge in [0.25, 0.3) is 0 Å². The van der Waals surface area contributed by atoms with Gasteiger partial charge in [0.05, 0.1) is 18.5 Å². The van der Waals surface area contributed by atoms with Gasteiger partial charge in [0.1, 0.15) is 5.82 Å². The zero-order valence-corrected chi connectivity index (χ0v) is 8.89. The minimum Gasteiger partial charge on any atom is -0.464 e. The average molecular weight is 218 g/mol. The number of aryl methyl sites for hydroxylation is 1. The topological polar surface area (TPSA) is 80.8 Å². The van der Waals surface area contributed by atoms with E-state index in [0.717, 1.165) is 5.69 Å². The van der Waals surface area contributed by atoms with Crippen LogP contribution in [0.4, 0.5) is 0 Å². The number of aromatic amines is 1. The maximum absolute atomic E-state index is 11.3. The highest BCUT2D eigenvalue weighted by Gasteiger charge is 2.11. The predicted molar refractivity (Wildman–Crippen MR) is 55.7 cm³/mol. The second kappa shape index (κ2) is 4.09. The van der Waals surface area contributed by atoms with Crippen LogP contribution in [0.3, 0.4) is 0 Å². The molecule has 2 heterocycles. The smallest absolute Gasteiger partial charge is 0.356 e. The van der Waals surface area contributed by atoms with Gasteiger partial charge >= 0.3 is 5.97 Å². The Morgan fingerprint density at radius 3 is 2.88 bits per heavy atom. The lowest BCUT2D eigenvalue weighted by Crippen LogP contribution is -2.07. The molecule has 0 atom stereocenters. The summed E-state index contributed by atoms with van der Waals surface area (Å²) in [5, 5.41) is 6.59. The summed E-state index contributed by atoms with van der Waals surface area (Å²) in [5.41, 5.74) is 1.58. The van der Waals surface area contributed by atoms with Crippen molar-refractivity contribution in [1.82, 2.24) is 20.2 Å². The van der Waals surface area contributed by atoms with Gasteiger partial charge in [-0.2, -0.15) is 5.10 Å². The third-order valence-electron chi connectivity index (χ3n) is 2.01. The number of hydrogen-bond acceptors (Lipinski definition) is 5. The summed E-state index contributed by atoms with van der Waals surface area (Å²) in [6.07, 6.45) is 1.62. The molecule has 1 N–H and O–H groups in total. The SMILES string of the molecule is COC(=O)c1cc(-c2ccn[nH]2)nc(C)n1. The van der Waals surface area contributed by atoms with Gasteiger partial charge in [-0.15, -0.1) is 0 Å². The summed E-state index contributed by atoms with van der Waals surface area (Å²) in [5.74, 6) is 0.0266. The van der Waals surface area contributed by atoms with E-state index in [4.69, 9.17) is 0 Å². The van der Waals surface area contributed by atoms with E-state index < -0.39 is 5.97 Å².